The van der Waals surface area contributed by atoms with Gasteiger partial charge in [0, 0.05) is 0 Å². The monoisotopic (exact) mass is 217 g/mol. The molecule has 0 aromatic carbocycles. The van der Waals surface area contributed by atoms with Crippen LogP contribution in [0.4, 0.5) is 0 Å². The van der Waals surface area contributed by atoms with Crippen LogP contribution in [0, 0.1) is 0 Å². The Morgan fingerprint density at radius 2 is 2.36 bits per heavy atom. The van der Waals surface area contributed by atoms with Crippen molar-refractivity contribution in [1.29, 1.82) is 0 Å². The highest BCUT2D eigenvalue weighted by Crippen LogP contribution is 2.12. The summed E-state index contributed by atoms with van der Waals surface area (Å²) in [7, 11) is 0. The van der Waals surface area contributed by atoms with E-state index in [-0.39, 0.29) is 6.10 Å². The van der Waals surface area contributed by atoms with Gasteiger partial charge in [-0.25, -0.2) is 0 Å². The molecular weight excluding hydrogens is 202 g/mol. The van der Waals surface area contributed by atoms with Crippen molar-refractivity contribution in [3.8, 4) is 0 Å². The Bertz CT molecular complexity index is 260. The molecule has 0 spiro atoms. The molecule has 0 saturated carbocycles. The molecule has 0 aliphatic rings. The first-order valence-electron chi connectivity index (χ1n) is 4.81. The number of rotatable bonds is 6. The van der Waals surface area contributed by atoms with Crippen LogP contribution in [0.5, 0.6) is 0 Å². The number of furan rings is 1. The van der Waals surface area contributed by atoms with E-state index in [1.807, 2.05) is 6.07 Å². The fraction of sp³-hybridized carbons (Fsp3) is 0.600. The average molecular weight is 218 g/mol. The van der Waals surface area contributed by atoms with E-state index in [9.17, 15) is 0 Å². The Morgan fingerprint density at radius 1 is 1.57 bits per heavy atom. The number of hydrogen-bond donors (Lipinski definition) is 2. The molecule has 4 heteroatoms. The van der Waals surface area contributed by atoms with Gasteiger partial charge in [0.15, 0.2) is 5.22 Å². The minimum Gasteiger partial charge on any atom is -0.448 e. The normalized spacial score (nSPS) is 13.1. The van der Waals surface area contributed by atoms with Crippen molar-refractivity contribution in [3.05, 3.63) is 23.1 Å². The molecule has 0 saturated heterocycles. The van der Waals surface area contributed by atoms with Crippen LogP contribution in [0.25, 0.3) is 0 Å². The van der Waals surface area contributed by atoms with Crippen molar-refractivity contribution in [2.75, 3.05) is 6.54 Å². The highest BCUT2D eigenvalue weighted by Gasteiger charge is 1.99. The van der Waals surface area contributed by atoms with Crippen molar-refractivity contribution in [3.63, 3.8) is 0 Å². The molecule has 0 fully saturated rings. The second-order valence-electron chi connectivity index (χ2n) is 3.37. The second kappa shape index (κ2) is 6.06. The molecule has 1 atom stereocenters. The van der Waals surface area contributed by atoms with Gasteiger partial charge in [-0.15, -0.1) is 0 Å². The topological polar surface area (TPSA) is 45.4 Å². The largest absolute Gasteiger partial charge is 0.448 e. The van der Waals surface area contributed by atoms with Gasteiger partial charge in [-0.3, -0.25) is 0 Å². The number of aliphatic hydroxyl groups is 1. The van der Waals surface area contributed by atoms with E-state index in [0.29, 0.717) is 11.8 Å². The van der Waals surface area contributed by atoms with Crippen LogP contribution in [-0.2, 0) is 6.54 Å². The summed E-state index contributed by atoms with van der Waals surface area (Å²) < 4.78 is 5.16. The molecule has 80 valence electrons. The van der Waals surface area contributed by atoms with Crippen LogP contribution in [0.2, 0.25) is 5.22 Å². The van der Waals surface area contributed by atoms with E-state index in [4.69, 9.17) is 21.1 Å². The van der Waals surface area contributed by atoms with E-state index in [1.54, 1.807) is 13.0 Å². The third-order valence-electron chi connectivity index (χ3n) is 1.90. The summed E-state index contributed by atoms with van der Waals surface area (Å²) in [6, 6.07) is 3.58. The highest BCUT2D eigenvalue weighted by molar-refractivity contribution is 6.28. The zero-order valence-corrected chi connectivity index (χ0v) is 9.05. The predicted molar refractivity (Wildman–Crippen MR) is 56.3 cm³/mol. The molecule has 2 N–H and O–H groups in total. The lowest BCUT2D eigenvalue weighted by atomic mass is 10.2. The van der Waals surface area contributed by atoms with Gasteiger partial charge in [-0.2, -0.15) is 0 Å². The molecule has 3 nitrogen and oxygen atoms in total. The molecule has 1 aromatic rings. The smallest absolute Gasteiger partial charge is 0.193 e. The zero-order valence-electron chi connectivity index (χ0n) is 8.29. The lowest BCUT2D eigenvalue weighted by Crippen LogP contribution is -2.15. The SMILES string of the molecule is CC(O)CCCNCc1ccc(Cl)o1. The summed E-state index contributed by atoms with van der Waals surface area (Å²) >= 11 is 5.61. The Balaban J connectivity index is 2.04. The standard InChI is InChI=1S/C10H16ClNO2/c1-8(13)3-2-6-12-7-9-4-5-10(11)14-9/h4-5,8,12-13H,2-3,6-7H2,1H3. The Labute approximate surface area is 89.1 Å². The zero-order chi connectivity index (χ0) is 10.4. The summed E-state index contributed by atoms with van der Waals surface area (Å²) in [6.45, 7) is 3.36. The van der Waals surface area contributed by atoms with Gasteiger partial charge >= 0.3 is 0 Å². The molecule has 0 radical (unpaired) electrons. The van der Waals surface area contributed by atoms with Gasteiger partial charge in [0.2, 0.25) is 0 Å². The van der Waals surface area contributed by atoms with Gasteiger partial charge in [0.25, 0.3) is 0 Å². The minimum absolute atomic E-state index is 0.213. The lowest BCUT2D eigenvalue weighted by molar-refractivity contribution is 0.181. The van der Waals surface area contributed by atoms with Crippen LogP contribution in [-0.4, -0.2) is 17.8 Å². The predicted octanol–water partition coefficient (Wildman–Crippen LogP) is 2.18. The third kappa shape index (κ3) is 4.65. The Kier molecular flexibility index (Phi) is 5.01. The van der Waals surface area contributed by atoms with Crippen LogP contribution >= 0.6 is 11.6 Å². The average Bonchev–Trinajstić information content (AvgIpc) is 2.50. The quantitative estimate of drug-likeness (QED) is 0.718. The van der Waals surface area contributed by atoms with E-state index >= 15 is 0 Å². The first-order valence-corrected chi connectivity index (χ1v) is 5.19. The second-order valence-corrected chi connectivity index (χ2v) is 3.75. The molecule has 1 heterocycles. The molecule has 14 heavy (non-hydrogen) atoms. The molecule has 0 aliphatic carbocycles. The maximum absolute atomic E-state index is 9.01. The fourth-order valence-corrected chi connectivity index (χ4v) is 1.34. The summed E-state index contributed by atoms with van der Waals surface area (Å²) in [6.07, 6.45) is 1.58. The Hall–Kier alpha value is -0.510. The number of nitrogens with one attached hydrogen (secondary N) is 1. The third-order valence-corrected chi connectivity index (χ3v) is 2.11. The fourth-order valence-electron chi connectivity index (χ4n) is 1.18. The maximum Gasteiger partial charge on any atom is 0.193 e. The minimum atomic E-state index is -0.213. The van der Waals surface area contributed by atoms with Crippen LogP contribution in [0.15, 0.2) is 16.5 Å². The Morgan fingerprint density at radius 3 is 2.93 bits per heavy atom. The van der Waals surface area contributed by atoms with Crippen molar-refractivity contribution >= 4 is 11.6 Å². The summed E-state index contributed by atoms with van der Waals surface area (Å²) in [4.78, 5) is 0. The van der Waals surface area contributed by atoms with E-state index < -0.39 is 0 Å². The van der Waals surface area contributed by atoms with E-state index in [0.717, 1.165) is 25.1 Å². The maximum atomic E-state index is 9.01. The van der Waals surface area contributed by atoms with Crippen molar-refractivity contribution in [1.82, 2.24) is 5.32 Å². The molecule has 1 aromatic heterocycles. The first kappa shape index (κ1) is 11.6. The number of hydrogen-bond acceptors (Lipinski definition) is 3. The van der Waals surface area contributed by atoms with Crippen LogP contribution < -0.4 is 5.32 Å². The molecule has 0 bridgehead atoms. The van der Waals surface area contributed by atoms with Gasteiger partial charge in [0.05, 0.1) is 12.6 Å². The summed E-state index contributed by atoms with van der Waals surface area (Å²) in [5, 5.41) is 12.6. The molecule has 1 rings (SSSR count). The summed E-state index contributed by atoms with van der Waals surface area (Å²) in [5.41, 5.74) is 0. The summed E-state index contributed by atoms with van der Waals surface area (Å²) in [5.74, 6) is 0.840. The molecule has 0 aliphatic heterocycles. The van der Waals surface area contributed by atoms with E-state index in [1.165, 1.54) is 0 Å². The van der Waals surface area contributed by atoms with Gasteiger partial charge in [-0.05, 0) is 50.0 Å². The van der Waals surface area contributed by atoms with Crippen LogP contribution in [0.3, 0.4) is 0 Å². The number of halogens is 1. The molecular formula is C10H16ClNO2. The van der Waals surface area contributed by atoms with Gasteiger partial charge in [-0.1, -0.05) is 0 Å². The molecule has 0 amide bonds. The van der Waals surface area contributed by atoms with Crippen molar-refractivity contribution in [2.24, 2.45) is 0 Å². The van der Waals surface area contributed by atoms with Crippen molar-refractivity contribution in [2.45, 2.75) is 32.4 Å². The first-order chi connectivity index (χ1) is 6.68. The van der Waals surface area contributed by atoms with Gasteiger partial charge in [0.1, 0.15) is 5.76 Å². The van der Waals surface area contributed by atoms with Gasteiger partial charge < -0.3 is 14.8 Å². The van der Waals surface area contributed by atoms with Crippen LogP contribution in [0.1, 0.15) is 25.5 Å². The molecule has 1 unspecified atom stereocenters. The van der Waals surface area contributed by atoms with E-state index in [2.05, 4.69) is 5.32 Å². The lowest BCUT2D eigenvalue weighted by Gasteiger charge is -2.04. The highest BCUT2D eigenvalue weighted by atomic mass is 35.5. The van der Waals surface area contributed by atoms with Crippen molar-refractivity contribution < 1.29 is 9.52 Å². The number of aliphatic hydroxyl groups excluding tert-OH is 1.